The molecule has 0 saturated carbocycles. The van der Waals surface area contributed by atoms with Crippen LogP contribution in [0.15, 0.2) is 176 Å². The van der Waals surface area contributed by atoms with Gasteiger partial charge in [0, 0.05) is 23.3 Å². The van der Waals surface area contributed by atoms with Crippen molar-refractivity contribution in [2.45, 2.75) is 0 Å². The molecule has 0 amide bonds. The van der Waals surface area contributed by atoms with E-state index in [1.54, 1.807) is 0 Å². The van der Waals surface area contributed by atoms with Crippen LogP contribution in [-0.2, 0) is 0 Å². The first-order valence-electron chi connectivity index (χ1n) is 17.4. The van der Waals surface area contributed by atoms with E-state index in [1.165, 1.54) is 77.2 Å². The second-order valence-corrected chi connectivity index (χ2v) is 13.4. The standard InChI is InChI=1S/C48H29N3/c1-3-12-32(13-4-1)43-37-17-8-9-18-38(37)44(33-14-5-2-6-15-33)47-40-27-26-35(36-19-11-20-39(45(36)40)46(43)47)30-22-24-31(25-23-30)41-29-51-42-21-10-7-16-34(42)28-49-48(51)50-41/h1-29H. The predicted octanol–water partition coefficient (Wildman–Crippen LogP) is 12.5. The minimum absolute atomic E-state index is 0.706. The zero-order valence-electron chi connectivity index (χ0n) is 27.6. The highest BCUT2D eigenvalue weighted by Gasteiger charge is 2.31. The Hall–Kier alpha value is -6.84. The van der Waals surface area contributed by atoms with E-state index in [4.69, 9.17) is 4.98 Å². The van der Waals surface area contributed by atoms with E-state index in [2.05, 4.69) is 173 Å². The summed E-state index contributed by atoms with van der Waals surface area (Å²) in [6.45, 7) is 0. The summed E-state index contributed by atoms with van der Waals surface area (Å²) in [6, 6.07) is 59.4. The molecular formula is C48H29N3. The molecule has 51 heavy (non-hydrogen) atoms. The minimum atomic E-state index is 0.706. The van der Waals surface area contributed by atoms with Gasteiger partial charge >= 0.3 is 0 Å². The Labute approximate surface area is 294 Å². The Morgan fingerprint density at radius 2 is 0.961 bits per heavy atom. The van der Waals surface area contributed by atoms with Gasteiger partial charge in [-0.05, 0) is 83.2 Å². The van der Waals surface area contributed by atoms with Crippen molar-refractivity contribution in [3.8, 4) is 66.9 Å². The second kappa shape index (κ2) is 10.8. The molecule has 0 bridgehead atoms. The van der Waals surface area contributed by atoms with Crippen LogP contribution in [-0.4, -0.2) is 14.4 Å². The molecule has 8 aromatic carbocycles. The number of hydrogen-bond donors (Lipinski definition) is 0. The van der Waals surface area contributed by atoms with Gasteiger partial charge in [-0.3, -0.25) is 4.40 Å². The summed E-state index contributed by atoms with van der Waals surface area (Å²) >= 11 is 0. The molecule has 11 rings (SSSR count). The quantitative estimate of drug-likeness (QED) is 0.190. The predicted molar refractivity (Wildman–Crippen MR) is 212 cm³/mol. The zero-order valence-corrected chi connectivity index (χ0v) is 27.6. The van der Waals surface area contributed by atoms with Crippen LogP contribution in [0.2, 0.25) is 0 Å². The number of imidazole rings is 1. The highest BCUT2D eigenvalue weighted by Crippen LogP contribution is 2.58. The van der Waals surface area contributed by atoms with Crippen molar-refractivity contribution in [2.75, 3.05) is 0 Å². The van der Waals surface area contributed by atoms with Gasteiger partial charge in [-0.25, -0.2) is 9.97 Å². The molecule has 1 aliphatic carbocycles. The van der Waals surface area contributed by atoms with Crippen molar-refractivity contribution in [1.29, 1.82) is 0 Å². The van der Waals surface area contributed by atoms with Gasteiger partial charge in [0.05, 0.1) is 11.2 Å². The van der Waals surface area contributed by atoms with E-state index in [0.717, 1.165) is 22.2 Å². The van der Waals surface area contributed by atoms with Gasteiger partial charge in [0.15, 0.2) is 0 Å². The molecule has 0 atom stereocenters. The highest BCUT2D eigenvalue weighted by atomic mass is 15.1. The zero-order chi connectivity index (χ0) is 33.5. The van der Waals surface area contributed by atoms with E-state index >= 15 is 0 Å². The van der Waals surface area contributed by atoms with Crippen LogP contribution in [0.1, 0.15) is 0 Å². The number of benzene rings is 8. The maximum Gasteiger partial charge on any atom is 0.234 e. The summed E-state index contributed by atoms with van der Waals surface area (Å²) in [7, 11) is 0. The van der Waals surface area contributed by atoms with Crippen molar-refractivity contribution in [3.63, 3.8) is 0 Å². The van der Waals surface area contributed by atoms with Crippen molar-refractivity contribution < 1.29 is 0 Å². The van der Waals surface area contributed by atoms with Crippen LogP contribution < -0.4 is 0 Å². The molecule has 2 aromatic heterocycles. The van der Waals surface area contributed by atoms with Crippen LogP contribution in [0.4, 0.5) is 0 Å². The number of aromatic nitrogens is 3. The maximum absolute atomic E-state index is 4.88. The summed E-state index contributed by atoms with van der Waals surface area (Å²) in [5.41, 5.74) is 15.8. The van der Waals surface area contributed by atoms with Crippen molar-refractivity contribution in [2.24, 2.45) is 0 Å². The molecule has 1 aliphatic rings. The molecule has 0 unspecified atom stereocenters. The molecule has 10 aromatic rings. The lowest BCUT2D eigenvalue weighted by molar-refractivity contribution is 1.17. The summed E-state index contributed by atoms with van der Waals surface area (Å²) < 4.78 is 2.08. The Morgan fingerprint density at radius 3 is 1.67 bits per heavy atom. The van der Waals surface area contributed by atoms with E-state index < -0.39 is 0 Å². The average Bonchev–Trinajstić information content (AvgIpc) is 3.79. The fraction of sp³-hybridized carbons (Fsp3) is 0. The van der Waals surface area contributed by atoms with Gasteiger partial charge in [-0.2, -0.15) is 0 Å². The molecular weight excluding hydrogens is 619 g/mol. The summed E-state index contributed by atoms with van der Waals surface area (Å²) in [4.78, 5) is 9.50. The van der Waals surface area contributed by atoms with Gasteiger partial charge in [-0.15, -0.1) is 0 Å². The smallest absolute Gasteiger partial charge is 0.234 e. The van der Waals surface area contributed by atoms with Gasteiger partial charge in [-0.1, -0.05) is 158 Å². The summed E-state index contributed by atoms with van der Waals surface area (Å²) in [5.74, 6) is 0.706. The van der Waals surface area contributed by atoms with Crippen LogP contribution >= 0.6 is 0 Å². The van der Waals surface area contributed by atoms with E-state index in [-0.39, 0.29) is 0 Å². The van der Waals surface area contributed by atoms with Gasteiger partial charge < -0.3 is 0 Å². The lowest BCUT2D eigenvalue weighted by Crippen LogP contribution is -1.93. The third kappa shape index (κ3) is 4.12. The van der Waals surface area contributed by atoms with E-state index in [9.17, 15) is 0 Å². The first-order valence-corrected chi connectivity index (χ1v) is 17.4. The molecule has 2 heterocycles. The van der Waals surface area contributed by atoms with E-state index in [1.807, 2.05) is 12.3 Å². The summed E-state index contributed by atoms with van der Waals surface area (Å²) in [6.07, 6.45) is 3.99. The molecule has 236 valence electrons. The molecule has 0 saturated heterocycles. The van der Waals surface area contributed by atoms with Crippen LogP contribution in [0.3, 0.4) is 0 Å². The van der Waals surface area contributed by atoms with Crippen LogP contribution in [0, 0.1) is 0 Å². The highest BCUT2D eigenvalue weighted by molar-refractivity contribution is 6.28. The van der Waals surface area contributed by atoms with Gasteiger partial charge in [0.2, 0.25) is 5.78 Å². The minimum Gasteiger partial charge on any atom is -0.283 e. The molecule has 0 spiro atoms. The Kier molecular flexibility index (Phi) is 5.96. The molecule has 0 radical (unpaired) electrons. The number of nitrogens with zero attached hydrogens (tertiary/aromatic N) is 3. The fourth-order valence-corrected chi connectivity index (χ4v) is 8.40. The third-order valence-electron chi connectivity index (χ3n) is 10.6. The van der Waals surface area contributed by atoms with Crippen molar-refractivity contribution in [1.82, 2.24) is 14.4 Å². The Bertz CT molecular complexity index is 2900. The SMILES string of the molecule is c1ccc(-c2c3c(c(-c4ccccc4)c4ccccc24)-c2ccc(-c4ccc(-c5cn6c(ncc7ccccc76)n5)cc4)c4cccc-3c24)cc1. The number of para-hydroxylation sites is 1. The number of fused-ring (bicyclic) bond motifs is 7. The first-order chi connectivity index (χ1) is 25.3. The van der Waals surface area contributed by atoms with Crippen molar-refractivity contribution in [3.05, 3.63) is 176 Å². The third-order valence-corrected chi connectivity index (χ3v) is 10.6. The Morgan fingerprint density at radius 1 is 0.392 bits per heavy atom. The van der Waals surface area contributed by atoms with Crippen LogP contribution in [0.5, 0.6) is 0 Å². The monoisotopic (exact) mass is 647 g/mol. The molecule has 0 aliphatic heterocycles. The van der Waals surface area contributed by atoms with Crippen LogP contribution in [0.25, 0.3) is 105 Å². The first kappa shape index (κ1) is 28.0. The molecule has 0 N–H and O–H groups in total. The normalized spacial score (nSPS) is 11.9. The lowest BCUT2D eigenvalue weighted by atomic mass is 9.82. The lowest BCUT2D eigenvalue weighted by Gasteiger charge is -2.20. The second-order valence-electron chi connectivity index (χ2n) is 13.4. The number of hydrogen-bond acceptors (Lipinski definition) is 2. The van der Waals surface area contributed by atoms with E-state index in [0.29, 0.717) is 5.78 Å². The largest absolute Gasteiger partial charge is 0.283 e. The van der Waals surface area contributed by atoms with Gasteiger partial charge in [0.25, 0.3) is 0 Å². The topological polar surface area (TPSA) is 30.2 Å². The van der Waals surface area contributed by atoms with Gasteiger partial charge in [0.1, 0.15) is 0 Å². The Balaban J connectivity index is 1.12. The maximum atomic E-state index is 4.88. The fourth-order valence-electron chi connectivity index (χ4n) is 8.40. The molecule has 3 heteroatoms. The summed E-state index contributed by atoms with van der Waals surface area (Å²) in [5, 5.41) is 6.23. The van der Waals surface area contributed by atoms with Crippen molar-refractivity contribution >= 4 is 38.2 Å². The average molecular weight is 648 g/mol. The number of rotatable bonds is 4. The molecule has 3 nitrogen and oxygen atoms in total. The molecule has 0 fully saturated rings.